The molecule has 170 valence electrons. The molecule has 3 aromatic carbocycles. The van der Waals surface area contributed by atoms with Gasteiger partial charge in [0.1, 0.15) is 18.1 Å². The van der Waals surface area contributed by atoms with Crippen molar-refractivity contribution in [2.75, 3.05) is 0 Å². The average Bonchev–Trinajstić information content (AvgIpc) is 3.17. The Hall–Kier alpha value is -2.80. The number of aryl methyl sites for hydroxylation is 2. The van der Waals surface area contributed by atoms with Crippen LogP contribution in [0.15, 0.2) is 83.8 Å². The zero-order valence-electron chi connectivity index (χ0n) is 18.7. The van der Waals surface area contributed by atoms with Crippen LogP contribution < -0.4 is 0 Å². The lowest BCUT2D eigenvalue weighted by atomic mass is 9.81. The van der Waals surface area contributed by atoms with Crippen molar-refractivity contribution in [2.45, 2.75) is 55.9 Å². The van der Waals surface area contributed by atoms with Gasteiger partial charge in [-0.05, 0) is 49.1 Å². The Balaban J connectivity index is 1.64. The fourth-order valence-corrected chi connectivity index (χ4v) is 6.78. The van der Waals surface area contributed by atoms with Crippen LogP contribution >= 0.6 is 0 Å². The molecule has 1 heterocycles. The summed E-state index contributed by atoms with van der Waals surface area (Å²) in [4.78, 5) is 13.5. The maximum atomic E-state index is 13.9. The minimum Gasteiger partial charge on any atom is -0.351 e. The van der Waals surface area contributed by atoms with Gasteiger partial charge in [-0.3, -0.25) is 4.79 Å². The Morgan fingerprint density at radius 1 is 0.879 bits per heavy atom. The molecule has 1 aliphatic carbocycles. The van der Waals surface area contributed by atoms with E-state index < -0.39 is 34.3 Å². The molecule has 1 aliphatic heterocycles. The van der Waals surface area contributed by atoms with E-state index in [4.69, 9.17) is 4.74 Å². The normalized spacial score (nSPS) is 25.7. The Morgan fingerprint density at radius 2 is 1.55 bits per heavy atom. The molecule has 0 aromatic heterocycles. The maximum absolute atomic E-state index is 13.9. The van der Waals surface area contributed by atoms with Crippen molar-refractivity contribution in [1.82, 2.24) is 4.31 Å². The standard InChI is InChI=1S/C27H27NO4S/c1-18-12-15-22(16-13-18)33(30,31)28-19(2)26(21-9-4-3-5-10-21)32-27(28)25-23-11-7-6-8-20(23)14-17-24(25)29/h3-13,15-16,19,25-27H,14,17H2,1-2H3/t19-,25+,26+,27-/m1/s1. The van der Waals surface area contributed by atoms with Crippen LogP contribution in [0.4, 0.5) is 0 Å². The van der Waals surface area contributed by atoms with E-state index in [2.05, 4.69) is 0 Å². The summed E-state index contributed by atoms with van der Waals surface area (Å²) in [5.41, 5.74) is 3.82. The summed E-state index contributed by atoms with van der Waals surface area (Å²) in [6.07, 6.45) is -0.339. The molecule has 0 unspecified atom stereocenters. The minimum atomic E-state index is -3.91. The molecule has 0 amide bonds. The Morgan fingerprint density at radius 3 is 2.27 bits per heavy atom. The number of ketones is 1. The highest BCUT2D eigenvalue weighted by atomic mass is 32.2. The first-order valence-electron chi connectivity index (χ1n) is 11.3. The number of sulfonamides is 1. The molecule has 0 N–H and O–H groups in total. The van der Waals surface area contributed by atoms with E-state index in [0.717, 1.165) is 22.3 Å². The zero-order chi connectivity index (χ0) is 23.2. The van der Waals surface area contributed by atoms with Crippen molar-refractivity contribution < 1.29 is 17.9 Å². The number of hydrogen-bond acceptors (Lipinski definition) is 4. The van der Waals surface area contributed by atoms with Gasteiger partial charge in [-0.25, -0.2) is 8.42 Å². The van der Waals surface area contributed by atoms with Gasteiger partial charge in [0.2, 0.25) is 10.0 Å². The lowest BCUT2D eigenvalue weighted by Gasteiger charge is -2.33. The van der Waals surface area contributed by atoms with Crippen LogP contribution in [-0.2, 0) is 26.0 Å². The number of Topliss-reactive ketones (excluding diaryl/α,β-unsaturated/α-hetero) is 1. The number of ether oxygens (including phenoxy) is 1. The SMILES string of the molecule is Cc1ccc(S(=O)(=O)N2[C@H](C)[C@@H](c3ccccc3)O[C@@H]2[C@@H]2C(=O)CCc3ccccc32)cc1. The molecule has 5 nitrogen and oxygen atoms in total. The van der Waals surface area contributed by atoms with E-state index in [1.807, 2.05) is 68.4 Å². The van der Waals surface area contributed by atoms with Gasteiger partial charge in [0.25, 0.3) is 0 Å². The highest BCUT2D eigenvalue weighted by molar-refractivity contribution is 7.89. The van der Waals surface area contributed by atoms with Crippen LogP contribution in [-0.4, -0.2) is 30.8 Å². The van der Waals surface area contributed by atoms with Crippen LogP contribution in [0.1, 0.15) is 47.6 Å². The quantitative estimate of drug-likeness (QED) is 0.561. The maximum Gasteiger partial charge on any atom is 0.245 e. The molecule has 0 radical (unpaired) electrons. The number of nitrogens with zero attached hydrogens (tertiary/aromatic N) is 1. The van der Waals surface area contributed by atoms with Gasteiger partial charge in [-0.2, -0.15) is 4.31 Å². The van der Waals surface area contributed by atoms with Crippen LogP contribution in [0.3, 0.4) is 0 Å². The number of rotatable bonds is 4. The van der Waals surface area contributed by atoms with Crippen LogP contribution in [0, 0.1) is 6.92 Å². The smallest absolute Gasteiger partial charge is 0.245 e. The predicted molar refractivity (Wildman–Crippen MR) is 126 cm³/mol. The molecular weight excluding hydrogens is 434 g/mol. The highest BCUT2D eigenvalue weighted by Gasteiger charge is 2.52. The fourth-order valence-electron chi connectivity index (χ4n) is 5.07. The summed E-state index contributed by atoms with van der Waals surface area (Å²) >= 11 is 0. The molecule has 1 fully saturated rings. The van der Waals surface area contributed by atoms with E-state index in [9.17, 15) is 13.2 Å². The zero-order valence-corrected chi connectivity index (χ0v) is 19.5. The van der Waals surface area contributed by atoms with E-state index in [0.29, 0.717) is 12.8 Å². The van der Waals surface area contributed by atoms with Crippen molar-refractivity contribution in [3.05, 3.63) is 101 Å². The molecule has 2 aliphatic rings. The van der Waals surface area contributed by atoms with Gasteiger partial charge in [0.05, 0.1) is 16.9 Å². The van der Waals surface area contributed by atoms with Crippen molar-refractivity contribution in [3.63, 3.8) is 0 Å². The number of carbonyl (C=O) groups excluding carboxylic acids is 1. The Bertz CT molecular complexity index is 1270. The third kappa shape index (κ3) is 3.82. The summed E-state index contributed by atoms with van der Waals surface area (Å²) in [5, 5.41) is 0. The summed E-state index contributed by atoms with van der Waals surface area (Å²) < 4.78 is 35.8. The molecule has 0 saturated carbocycles. The summed E-state index contributed by atoms with van der Waals surface area (Å²) in [6.45, 7) is 3.78. The molecule has 0 bridgehead atoms. The lowest BCUT2D eigenvalue weighted by molar-refractivity contribution is -0.126. The third-order valence-electron chi connectivity index (χ3n) is 6.76. The second-order valence-corrected chi connectivity index (χ2v) is 10.7. The van der Waals surface area contributed by atoms with Crippen LogP contribution in [0.5, 0.6) is 0 Å². The van der Waals surface area contributed by atoms with Crippen LogP contribution in [0.25, 0.3) is 0 Å². The number of fused-ring (bicyclic) bond motifs is 1. The van der Waals surface area contributed by atoms with E-state index in [1.54, 1.807) is 24.3 Å². The van der Waals surface area contributed by atoms with E-state index in [-0.39, 0.29) is 10.7 Å². The minimum absolute atomic E-state index is 0.0173. The van der Waals surface area contributed by atoms with Gasteiger partial charge in [-0.1, -0.05) is 72.3 Å². The molecule has 3 aromatic rings. The molecule has 5 rings (SSSR count). The molecule has 1 saturated heterocycles. The van der Waals surface area contributed by atoms with Gasteiger partial charge >= 0.3 is 0 Å². The first-order valence-corrected chi connectivity index (χ1v) is 12.7. The molecular formula is C27H27NO4S. The summed E-state index contributed by atoms with van der Waals surface area (Å²) in [7, 11) is -3.91. The highest BCUT2D eigenvalue weighted by Crippen LogP contribution is 2.45. The van der Waals surface area contributed by atoms with Crippen molar-refractivity contribution in [1.29, 1.82) is 0 Å². The number of benzene rings is 3. The van der Waals surface area contributed by atoms with Gasteiger partial charge in [0.15, 0.2) is 0 Å². The first-order chi connectivity index (χ1) is 15.9. The largest absolute Gasteiger partial charge is 0.351 e. The Kier molecular flexibility index (Phi) is 5.69. The molecule has 0 spiro atoms. The van der Waals surface area contributed by atoms with E-state index in [1.165, 1.54) is 4.31 Å². The van der Waals surface area contributed by atoms with Gasteiger partial charge in [0, 0.05) is 6.42 Å². The number of carbonyl (C=O) groups is 1. The van der Waals surface area contributed by atoms with Crippen molar-refractivity contribution in [3.8, 4) is 0 Å². The summed E-state index contributed by atoms with van der Waals surface area (Å²) in [5.74, 6) is -0.643. The lowest BCUT2D eigenvalue weighted by Crippen LogP contribution is -2.46. The third-order valence-corrected chi connectivity index (χ3v) is 8.73. The molecule has 6 heteroatoms. The fraction of sp³-hybridized carbons (Fsp3) is 0.296. The van der Waals surface area contributed by atoms with Gasteiger partial charge in [-0.15, -0.1) is 0 Å². The van der Waals surface area contributed by atoms with Crippen molar-refractivity contribution in [2.24, 2.45) is 0 Å². The molecule has 33 heavy (non-hydrogen) atoms. The predicted octanol–water partition coefficient (Wildman–Crippen LogP) is 4.77. The Labute approximate surface area is 195 Å². The van der Waals surface area contributed by atoms with Crippen molar-refractivity contribution >= 4 is 15.8 Å². The van der Waals surface area contributed by atoms with Crippen LogP contribution in [0.2, 0.25) is 0 Å². The van der Waals surface area contributed by atoms with E-state index >= 15 is 0 Å². The topological polar surface area (TPSA) is 63.7 Å². The number of hydrogen-bond donors (Lipinski definition) is 0. The molecule has 4 atom stereocenters. The first kappa shape index (κ1) is 22.0. The van der Waals surface area contributed by atoms with Gasteiger partial charge < -0.3 is 4.74 Å². The monoisotopic (exact) mass is 461 g/mol. The average molecular weight is 462 g/mol. The second-order valence-electron chi connectivity index (χ2n) is 8.89. The second kappa shape index (κ2) is 8.52. The summed E-state index contributed by atoms with van der Waals surface area (Å²) in [6, 6.07) is 23.8.